The van der Waals surface area contributed by atoms with Crippen molar-refractivity contribution in [2.24, 2.45) is 0 Å². The van der Waals surface area contributed by atoms with E-state index in [1.807, 2.05) is 0 Å². The Kier molecular flexibility index (Phi) is 4.19. The third-order valence-electron chi connectivity index (χ3n) is 3.96. The highest BCUT2D eigenvalue weighted by Gasteiger charge is 2.20. The van der Waals surface area contributed by atoms with E-state index >= 15 is 0 Å². The second-order valence-electron chi connectivity index (χ2n) is 5.06. The van der Waals surface area contributed by atoms with Gasteiger partial charge in [-0.1, -0.05) is 36.8 Å². The molecule has 0 bridgehead atoms. The quantitative estimate of drug-likeness (QED) is 0.790. The summed E-state index contributed by atoms with van der Waals surface area (Å²) < 4.78 is 0. The fourth-order valence-corrected chi connectivity index (χ4v) is 2.52. The van der Waals surface area contributed by atoms with Gasteiger partial charge in [0.2, 0.25) is 0 Å². The van der Waals surface area contributed by atoms with Gasteiger partial charge in [-0.3, -0.25) is 4.90 Å². The van der Waals surface area contributed by atoms with Crippen LogP contribution in [0.4, 0.5) is 0 Å². The number of piperazine rings is 1. The van der Waals surface area contributed by atoms with Crippen LogP contribution < -0.4 is 0 Å². The molecule has 94 valence electrons. The lowest BCUT2D eigenvalue weighted by Crippen LogP contribution is -2.46. The first-order valence-corrected chi connectivity index (χ1v) is 6.73. The summed E-state index contributed by atoms with van der Waals surface area (Å²) in [7, 11) is 0. The van der Waals surface area contributed by atoms with Gasteiger partial charge in [-0.05, 0) is 26.0 Å². The molecule has 0 unspecified atom stereocenters. The van der Waals surface area contributed by atoms with Crippen molar-refractivity contribution >= 4 is 0 Å². The van der Waals surface area contributed by atoms with Crippen LogP contribution in [0.5, 0.6) is 0 Å². The minimum Gasteiger partial charge on any atom is -0.301 e. The second kappa shape index (κ2) is 5.65. The number of rotatable bonds is 3. The monoisotopic (exact) mass is 232 g/mol. The highest BCUT2D eigenvalue weighted by Crippen LogP contribution is 2.21. The van der Waals surface area contributed by atoms with Gasteiger partial charge in [0.25, 0.3) is 0 Å². The minimum atomic E-state index is 0.551. The molecule has 1 saturated heterocycles. The fourth-order valence-electron chi connectivity index (χ4n) is 2.52. The molecule has 0 amide bonds. The third kappa shape index (κ3) is 3.08. The molecule has 0 spiro atoms. The lowest BCUT2D eigenvalue weighted by molar-refractivity contribution is 0.106. The van der Waals surface area contributed by atoms with Gasteiger partial charge >= 0.3 is 0 Å². The summed E-state index contributed by atoms with van der Waals surface area (Å²) in [6.07, 6.45) is 0. The number of hydrogen-bond acceptors (Lipinski definition) is 2. The lowest BCUT2D eigenvalue weighted by Gasteiger charge is -2.37. The molecular formula is C15H24N2. The van der Waals surface area contributed by atoms with Crippen molar-refractivity contribution in [3.05, 3.63) is 35.4 Å². The highest BCUT2D eigenvalue weighted by molar-refractivity contribution is 5.23. The average molecular weight is 232 g/mol. The Morgan fingerprint density at radius 1 is 1.06 bits per heavy atom. The van der Waals surface area contributed by atoms with Crippen LogP contribution in [0.2, 0.25) is 0 Å². The molecule has 1 aromatic carbocycles. The maximum Gasteiger partial charge on any atom is 0.0320 e. The maximum atomic E-state index is 2.59. The van der Waals surface area contributed by atoms with Crippen molar-refractivity contribution < 1.29 is 0 Å². The Hall–Kier alpha value is -0.860. The van der Waals surface area contributed by atoms with E-state index in [1.165, 1.54) is 43.9 Å². The van der Waals surface area contributed by atoms with Gasteiger partial charge in [-0.2, -0.15) is 0 Å². The van der Waals surface area contributed by atoms with Crippen LogP contribution in [0.1, 0.15) is 31.0 Å². The summed E-state index contributed by atoms with van der Waals surface area (Å²) in [5.74, 6) is 0. The number of aryl methyl sites for hydroxylation is 1. The number of benzene rings is 1. The third-order valence-corrected chi connectivity index (χ3v) is 3.96. The van der Waals surface area contributed by atoms with E-state index in [1.54, 1.807) is 0 Å². The molecule has 17 heavy (non-hydrogen) atoms. The zero-order chi connectivity index (χ0) is 12.3. The molecule has 1 aliphatic rings. The Morgan fingerprint density at radius 2 is 1.65 bits per heavy atom. The van der Waals surface area contributed by atoms with Crippen LogP contribution in [-0.4, -0.2) is 42.5 Å². The predicted molar refractivity (Wildman–Crippen MR) is 73.3 cm³/mol. The van der Waals surface area contributed by atoms with E-state index in [9.17, 15) is 0 Å². The van der Waals surface area contributed by atoms with Crippen molar-refractivity contribution in [3.8, 4) is 0 Å². The molecule has 1 fully saturated rings. The van der Waals surface area contributed by atoms with E-state index in [4.69, 9.17) is 0 Å². The summed E-state index contributed by atoms with van der Waals surface area (Å²) in [5, 5.41) is 0. The molecule has 2 heteroatoms. The average Bonchev–Trinajstić information content (AvgIpc) is 2.39. The smallest absolute Gasteiger partial charge is 0.0320 e. The Labute approximate surface area is 105 Å². The molecule has 0 aliphatic carbocycles. The first kappa shape index (κ1) is 12.6. The largest absolute Gasteiger partial charge is 0.301 e. The molecular weight excluding hydrogens is 208 g/mol. The molecule has 0 aromatic heterocycles. The van der Waals surface area contributed by atoms with E-state index in [0.29, 0.717) is 6.04 Å². The van der Waals surface area contributed by atoms with Gasteiger partial charge in [-0.25, -0.2) is 0 Å². The van der Waals surface area contributed by atoms with Crippen molar-refractivity contribution in [3.63, 3.8) is 0 Å². The molecule has 0 N–H and O–H groups in total. The Bertz CT molecular complexity index is 336. The van der Waals surface area contributed by atoms with E-state index in [-0.39, 0.29) is 0 Å². The number of nitrogens with zero attached hydrogens (tertiary/aromatic N) is 2. The molecule has 1 aliphatic heterocycles. The van der Waals surface area contributed by atoms with Crippen LogP contribution in [0.25, 0.3) is 0 Å². The standard InChI is InChI=1S/C15H24N2/c1-4-16-9-11-17(12-10-16)14(3)15-7-5-13(2)6-8-15/h5-8,14H,4,9-12H2,1-3H3/t14-/m0/s1. The second-order valence-corrected chi connectivity index (χ2v) is 5.06. The lowest BCUT2D eigenvalue weighted by atomic mass is 10.0. The Balaban J connectivity index is 1.96. The molecule has 1 aromatic rings. The molecule has 2 rings (SSSR count). The zero-order valence-corrected chi connectivity index (χ0v) is 11.3. The van der Waals surface area contributed by atoms with Gasteiger partial charge in [0.05, 0.1) is 0 Å². The number of likely N-dealkylation sites (N-methyl/N-ethyl adjacent to an activating group) is 1. The summed E-state index contributed by atoms with van der Waals surface area (Å²) >= 11 is 0. The molecule has 1 atom stereocenters. The van der Waals surface area contributed by atoms with Crippen LogP contribution in [-0.2, 0) is 0 Å². The van der Waals surface area contributed by atoms with Crippen LogP contribution >= 0.6 is 0 Å². The van der Waals surface area contributed by atoms with Gasteiger partial charge < -0.3 is 4.90 Å². The first-order valence-electron chi connectivity index (χ1n) is 6.73. The van der Waals surface area contributed by atoms with E-state index in [2.05, 4.69) is 54.8 Å². The normalized spacial score (nSPS) is 20.4. The van der Waals surface area contributed by atoms with Gasteiger partial charge in [0.1, 0.15) is 0 Å². The summed E-state index contributed by atoms with van der Waals surface area (Å²) in [6.45, 7) is 12.7. The molecule has 2 nitrogen and oxygen atoms in total. The SMILES string of the molecule is CCN1CCN([C@@H](C)c2ccc(C)cc2)CC1. The maximum absolute atomic E-state index is 2.59. The first-order chi connectivity index (χ1) is 8.20. The predicted octanol–water partition coefficient (Wildman–Crippen LogP) is 2.69. The topological polar surface area (TPSA) is 6.48 Å². The van der Waals surface area contributed by atoms with Crippen molar-refractivity contribution in [2.45, 2.75) is 26.8 Å². The van der Waals surface area contributed by atoms with Gasteiger partial charge in [-0.15, -0.1) is 0 Å². The van der Waals surface area contributed by atoms with Crippen LogP contribution in [0, 0.1) is 6.92 Å². The summed E-state index contributed by atoms with van der Waals surface area (Å²) in [5.41, 5.74) is 2.79. The minimum absolute atomic E-state index is 0.551. The van der Waals surface area contributed by atoms with Crippen molar-refractivity contribution in [1.82, 2.24) is 9.80 Å². The number of hydrogen-bond donors (Lipinski definition) is 0. The Morgan fingerprint density at radius 3 is 2.18 bits per heavy atom. The van der Waals surface area contributed by atoms with Crippen molar-refractivity contribution in [1.29, 1.82) is 0 Å². The van der Waals surface area contributed by atoms with Crippen LogP contribution in [0.15, 0.2) is 24.3 Å². The van der Waals surface area contributed by atoms with Gasteiger partial charge in [0, 0.05) is 32.2 Å². The summed E-state index contributed by atoms with van der Waals surface area (Å²) in [4.78, 5) is 5.12. The molecule has 0 radical (unpaired) electrons. The van der Waals surface area contributed by atoms with E-state index < -0.39 is 0 Å². The fraction of sp³-hybridized carbons (Fsp3) is 0.600. The van der Waals surface area contributed by atoms with Gasteiger partial charge in [0.15, 0.2) is 0 Å². The van der Waals surface area contributed by atoms with E-state index in [0.717, 1.165) is 0 Å². The van der Waals surface area contributed by atoms with Crippen LogP contribution in [0.3, 0.4) is 0 Å². The zero-order valence-electron chi connectivity index (χ0n) is 11.3. The highest BCUT2D eigenvalue weighted by atomic mass is 15.3. The molecule has 0 saturated carbocycles. The van der Waals surface area contributed by atoms with Crippen molar-refractivity contribution in [2.75, 3.05) is 32.7 Å². The summed E-state index contributed by atoms with van der Waals surface area (Å²) in [6, 6.07) is 9.52. The molecule has 1 heterocycles.